The van der Waals surface area contributed by atoms with E-state index in [2.05, 4.69) is 10.0 Å². The summed E-state index contributed by atoms with van der Waals surface area (Å²) in [4.78, 5) is 25.8. The minimum Gasteiger partial charge on any atom is -0.493 e. The van der Waals surface area contributed by atoms with Crippen LogP contribution in [-0.4, -0.2) is 39.6 Å². The Morgan fingerprint density at radius 3 is 2.41 bits per heavy atom. The molecule has 34 heavy (non-hydrogen) atoms. The molecule has 4 rings (SSSR count). The fraction of sp³-hybridized carbons (Fsp3) is 0.231. The molecule has 3 aromatic carbocycles. The minimum absolute atomic E-state index is 0.00588. The summed E-state index contributed by atoms with van der Waals surface area (Å²) in [6, 6.07) is 23.8. The molecule has 1 atom stereocenters. The number of nitro benzene ring substituents is 1. The number of carbonyl (C=O) groups is 1. The fourth-order valence-corrected chi connectivity index (χ4v) is 4.05. The molecule has 174 valence electrons. The Labute approximate surface area is 198 Å². The highest BCUT2D eigenvalue weighted by atomic mass is 16.6. The van der Waals surface area contributed by atoms with Crippen LogP contribution in [0, 0.1) is 10.1 Å². The third-order valence-electron chi connectivity index (χ3n) is 5.65. The molecule has 3 aromatic rings. The zero-order valence-corrected chi connectivity index (χ0v) is 19.1. The van der Waals surface area contributed by atoms with Gasteiger partial charge >= 0.3 is 0 Å². The van der Waals surface area contributed by atoms with Crippen LogP contribution in [0.15, 0.2) is 84.0 Å². The van der Waals surface area contributed by atoms with Crippen molar-refractivity contribution in [1.82, 2.24) is 9.91 Å². The Balaban J connectivity index is 1.72. The molecule has 0 aromatic heterocycles. The van der Waals surface area contributed by atoms with E-state index in [1.807, 2.05) is 61.5 Å². The highest BCUT2D eigenvalue weighted by molar-refractivity contribution is 5.99. The molecule has 8 heteroatoms. The maximum absolute atomic E-state index is 13.2. The van der Waals surface area contributed by atoms with Gasteiger partial charge in [-0.25, -0.2) is 5.01 Å². The number of hydrogen-bond donors (Lipinski definition) is 0. The van der Waals surface area contributed by atoms with E-state index in [-0.39, 0.29) is 18.1 Å². The number of ether oxygens (including phenoxy) is 1. The minimum atomic E-state index is -0.455. The average molecular weight is 459 g/mol. The van der Waals surface area contributed by atoms with E-state index in [0.717, 1.165) is 11.1 Å². The molecule has 0 spiro atoms. The Morgan fingerprint density at radius 1 is 1.06 bits per heavy atom. The van der Waals surface area contributed by atoms with Crippen molar-refractivity contribution in [1.29, 1.82) is 0 Å². The summed E-state index contributed by atoms with van der Waals surface area (Å²) >= 11 is 0. The smallest absolute Gasteiger partial charge is 0.269 e. The van der Waals surface area contributed by atoms with Crippen molar-refractivity contribution >= 4 is 17.3 Å². The van der Waals surface area contributed by atoms with Crippen molar-refractivity contribution in [3.05, 3.63) is 106 Å². The standard InChI is InChI=1S/C26H26N4O4/c1-3-34-24-12-8-7-11-23(24)26-28(17-20-9-5-4-6-10-20)18-25(31)29(26)27-19(2)21-13-15-22(16-14-21)30(32)33/h4-16,26H,3,17-18H2,1-2H3/b27-19-/t26-/m0/s1. The lowest BCUT2D eigenvalue weighted by atomic mass is 10.1. The molecule has 0 radical (unpaired) electrons. The zero-order valence-electron chi connectivity index (χ0n) is 19.1. The second kappa shape index (κ2) is 10.3. The van der Waals surface area contributed by atoms with Gasteiger partial charge in [-0.1, -0.05) is 48.5 Å². The van der Waals surface area contributed by atoms with E-state index in [4.69, 9.17) is 4.74 Å². The quantitative estimate of drug-likeness (QED) is 0.276. The number of benzene rings is 3. The molecule has 1 aliphatic rings. The number of nitrogens with zero attached hydrogens (tertiary/aromatic N) is 4. The van der Waals surface area contributed by atoms with E-state index in [0.29, 0.717) is 30.2 Å². The van der Waals surface area contributed by atoms with Crippen LogP contribution >= 0.6 is 0 Å². The molecule has 0 saturated carbocycles. The molecule has 8 nitrogen and oxygen atoms in total. The SMILES string of the molecule is CCOc1ccccc1[C@H]1N(Cc2ccccc2)CC(=O)N1/N=C(/C)c1ccc([N+](=O)[O-])cc1. The molecule has 1 aliphatic heterocycles. The number of nitro groups is 1. The Hall–Kier alpha value is -4.04. The van der Waals surface area contributed by atoms with Crippen molar-refractivity contribution in [3.8, 4) is 5.75 Å². The third kappa shape index (κ3) is 4.97. The third-order valence-corrected chi connectivity index (χ3v) is 5.65. The van der Waals surface area contributed by atoms with Gasteiger partial charge < -0.3 is 4.74 Å². The molecular weight excluding hydrogens is 432 g/mol. The molecular formula is C26H26N4O4. The maximum atomic E-state index is 13.2. The number of amides is 1. The second-order valence-electron chi connectivity index (χ2n) is 7.96. The molecule has 0 bridgehead atoms. The van der Waals surface area contributed by atoms with Gasteiger partial charge in [-0.05, 0) is 43.2 Å². The monoisotopic (exact) mass is 458 g/mol. The number of hydrazone groups is 1. The first kappa shape index (κ1) is 23.1. The second-order valence-corrected chi connectivity index (χ2v) is 7.96. The van der Waals surface area contributed by atoms with Crippen molar-refractivity contribution in [3.63, 3.8) is 0 Å². The zero-order chi connectivity index (χ0) is 24.1. The number of carbonyl (C=O) groups excluding carboxylic acids is 1. The molecule has 1 saturated heterocycles. The molecule has 0 N–H and O–H groups in total. The van der Waals surface area contributed by atoms with Crippen molar-refractivity contribution < 1.29 is 14.5 Å². The first-order valence-electron chi connectivity index (χ1n) is 11.1. The van der Waals surface area contributed by atoms with Gasteiger partial charge in [-0.3, -0.25) is 19.8 Å². The van der Waals surface area contributed by atoms with Gasteiger partial charge in [0.05, 0.1) is 23.8 Å². The van der Waals surface area contributed by atoms with Gasteiger partial charge in [-0.2, -0.15) is 5.10 Å². The van der Waals surface area contributed by atoms with E-state index in [1.165, 1.54) is 17.1 Å². The molecule has 0 unspecified atom stereocenters. The molecule has 0 aliphatic carbocycles. The highest BCUT2D eigenvalue weighted by Gasteiger charge is 2.40. The van der Waals surface area contributed by atoms with Gasteiger partial charge in [0.2, 0.25) is 0 Å². The normalized spacial score (nSPS) is 16.6. The lowest BCUT2D eigenvalue weighted by molar-refractivity contribution is -0.384. The number of para-hydroxylation sites is 1. The van der Waals surface area contributed by atoms with Crippen LogP contribution < -0.4 is 4.74 Å². The molecule has 1 amide bonds. The highest BCUT2D eigenvalue weighted by Crippen LogP contribution is 2.37. The summed E-state index contributed by atoms with van der Waals surface area (Å²) in [6.45, 7) is 4.99. The largest absolute Gasteiger partial charge is 0.493 e. The number of non-ortho nitro benzene ring substituents is 1. The maximum Gasteiger partial charge on any atom is 0.269 e. The predicted molar refractivity (Wildman–Crippen MR) is 129 cm³/mol. The predicted octanol–water partition coefficient (Wildman–Crippen LogP) is 4.76. The van der Waals surface area contributed by atoms with Crippen LogP contribution in [0.25, 0.3) is 0 Å². The van der Waals surface area contributed by atoms with E-state index in [1.54, 1.807) is 19.1 Å². The van der Waals surface area contributed by atoms with Crippen LogP contribution in [0.2, 0.25) is 0 Å². The van der Waals surface area contributed by atoms with Gasteiger partial charge in [0.1, 0.15) is 11.9 Å². The van der Waals surface area contributed by atoms with E-state index >= 15 is 0 Å². The van der Waals surface area contributed by atoms with Gasteiger partial charge in [-0.15, -0.1) is 0 Å². The summed E-state index contributed by atoms with van der Waals surface area (Å²) in [7, 11) is 0. The van der Waals surface area contributed by atoms with Gasteiger partial charge in [0, 0.05) is 24.2 Å². The van der Waals surface area contributed by atoms with Crippen LogP contribution in [0.1, 0.15) is 36.7 Å². The Kier molecular flexibility index (Phi) is 6.98. The Morgan fingerprint density at radius 2 is 1.74 bits per heavy atom. The first-order valence-corrected chi connectivity index (χ1v) is 11.1. The summed E-state index contributed by atoms with van der Waals surface area (Å²) in [5, 5.41) is 17.2. The number of rotatable bonds is 8. The summed E-state index contributed by atoms with van der Waals surface area (Å²) < 4.78 is 5.88. The average Bonchev–Trinajstić information content (AvgIpc) is 3.14. The topological polar surface area (TPSA) is 88.3 Å². The van der Waals surface area contributed by atoms with Crippen LogP contribution in [0.5, 0.6) is 5.75 Å². The van der Waals surface area contributed by atoms with Crippen LogP contribution in [0.3, 0.4) is 0 Å². The molecule has 1 fully saturated rings. The van der Waals surface area contributed by atoms with Crippen molar-refractivity contribution in [2.45, 2.75) is 26.6 Å². The Bertz CT molecular complexity index is 1190. The fourth-order valence-electron chi connectivity index (χ4n) is 4.05. The van der Waals surface area contributed by atoms with E-state index in [9.17, 15) is 14.9 Å². The lowest BCUT2D eigenvalue weighted by Crippen LogP contribution is -2.30. The van der Waals surface area contributed by atoms with Crippen molar-refractivity contribution in [2.24, 2.45) is 5.10 Å². The summed E-state index contributed by atoms with van der Waals surface area (Å²) in [5.41, 5.74) is 3.24. The number of hydrogen-bond acceptors (Lipinski definition) is 6. The van der Waals surface area contributed by atoms with Gasteiger partial charge in [0.15, 0.2) is 0 Å². The lowest BCUT2D eigenvalue weighted by Gasteiger charge is -2.29. The first-order chi connectivity index (χ1) is 16.5. The summed E-state index contributed by atoms with van der Waals surface area (Å²) in [5.74, 6) is 0.574. The van der Waals surface area contributed by atoms with Crippen molar-refractivity contribution in [2.75, 3.05) is 13.2 Å². The van der Waals surface area contributed by atoms with Crippen LogP contribution in [0.4, 0.5) is 5.69 Å². The van der Waals surface area contributed by atoms with E-state index < -0.39 is 11.1 Å². The summed E-state index contributed by atoms with van der Waals surface area (Å²) in [6.07, 6.45) is -0.455. The van der Waals surface area contributed by atoms with Crippen LogP contribution in [-0.2, 0) is 11.3 Å². The molecule has 1 heterocycles. The van der Waals surface area contributed by atoms with Gasteiger partial charge in [0.25, 0.3) is 11.6 Å².